The van der Waals surface area contributed by atoms with Crippen molar-refractivity contribution in [3.8, 4) is 0 Å². The quantitative estimate of drug-likeness (QED) is 0.897. The van der Waals surface area contributed by atoms with Gasteiger partial charge in [-0.1, -0.05) is 37.5 Å². The predicted molar refractivity (Wildman–Crippen MR) is 83.8 cm³/mol. The van der Waals surface area contributed by atoms with Crippen molar-refractivity contribution in [3.05, 3.63) is 29.3 Å². The van der Waals surface area contributed by atoms with E-state index < -0.39 is 0 Å². The Morgan fingerprint density at radius 1 is 1.32 bits per heavy atom. The molecule has 1 fully saturated rings. The second kappa shape index (κ2) is 6.42. The van der Waals surface area contributed by atoms with Crippen molar-refractivity contribution < 1.29 is 0 Å². The molecule has 2 heteroatoms. The van der Waals surface area contributed by atoms with Gasteiger partial charge in [0.2, 0.25) is 0 Å². The molecule has 2 rings (SSSR count). The van der Waals surface area contributed by atoms with Gasteiger partial charge in [0, 0.05) is 18.8 Å². The molecule has 1 aromatic rings. The summed E-state index contributed by atoms with van der Waals surface area (Å²) in [6, 6.07) is 7.49. The molecular weight excluding hydrogens is 232 g/mol. The van der Waals surface area contributed by atoms with Crippen LogP contribution in [0, 0.1) is 12.8 Å². The first-order valence-corrected chi connectivity index (χ1v) is 7.64. The first-order valence-electron chi connectivity index (χ1n) is 7.64. The van der Waals surface area contributed by atoms with E-state index in [0.29, 0.717) is 6.04 Å². The highest BCUT2D eigenvalue weighted by Gasteiger charge is 2.23. The Bertz CT molecular complexity index is 414. The lowest BCUT2D eigenvalue weighted by atomic mass is 9.86. The number of anilines is 1. The number of rotatable bonds is 4. The van der Waals surface area contributed by atoms with Crippen LogP contribution in [0.4, 0.5) is 5.69 Å². The van der Waals surface area contributed by atoms with Crippen LogP contribution in [0.2, 0.25) is 0 Å². The van der Waals surface area contributed by atoms with Gasteiger partial charge < -0.3 is 10.6 Å². The Morgan fingerprint density at radius 3 is 2.79 bits per heavy atom. The van der Waals surface area contributed by atoms with Crippen molar-refractivity contribution >= 4 is 5.69 Å². The van der Waals surface area contributed by atoms with Gasteiger partial charge in [0.1, 0.15) is 0 Å². The summed E-state index contributed by atoms with van der Waals surface area (Å²) < 4.78 is 0. The van der Waals surface area contributed by atoms with E-state index in [1.165, 1.54) is 42.5 Å². The van der Waals surface area contributed by atoms with Gasteiger partial charge in [0.15, 0.2) is 0 Å². The van der Waals surface area contributed by atoms with Gasteiger partial charge in [0.05, 0.1) is 0 Å². The number of hydrogen-bond acceptors (Lipinski definition) is 2. The number of nitrogens with two attached hydrogens (primary N) is 1. The summed E-state index contributed by atoms with van der Waals surface area (Å²) >= 11 is 0. The van der Waals surface area contributed by atoms with E-state index in [9.17, 15) is 0 Å². The van der Waals surface area contributed by atoms with Crippen molar-refractivity contribution in [1.29, 1.82) is 0 Å². The smallest absolute Gasteiger partial charge is 0.0399 e. The fourth-order valence-corrected chi connectivity index (χ4v) is 3.36. The Kier molecular flexibility index (Phi) is 4.87. The summed E-state index contributed by atoms with van der Waals surface area (Å²) in [4.78, 5) is 2.50. The molecule has 1 aliphatic carbocycles. The van der Waals surface area contributed by atoms with Crippen LogP contribution in [-0.2, 0) is 6.42 Å². The molecule has 2 unspecified atom stereocenters. The summed E-state index contributed by atoms with van der Waals surface area (Å²) in [6.07, 6.45) is 6.40. The Hall–Kier alpha value is -1.02. The highest BCUT2D eigenvalue weighted by atomic mass is 15.1. The van der Waals surface area contributed by atoms with Crippen LogP contribution in [0.5, 0.6) is 0 Å². The predicted octanol–water partition coefficient (Wildman–Crippen LogP) is 3.51. The maximum Gasteiger partial charge on any atom is 0.0399 e. The standard InChI is InChI=1S/C17H28N2/c1-13-5-4-6-16(12-13)19(3)17-8-7-14(2)11-15(17)9-10-18/h7-8,11,13,16H,4-6,9-10,12,18H2,1-3H3. The molecule has 0 aliphatic heterocycles. The molecule has 0 bridgehead atoms. The van der Waals surface area contributed by atoms with Crippen molar-refractivity contribution in [2.45, 2.75) is 52.0 Å². The van der Waals surface area contributed by atoms with Crippen molar-refractivity contribution in [1.82, 2.24) is 0 Å². The zero-order valence-electron chi connectivity index (χ0n) is 12.7. The molecule has 1 aromatic carbocycles. The zero-order chi connectivity index (χ0) is 13.8. The molecule has 0 aromatic heterocycles. The van der Waals surface area contributed by atoms with Crippen LogP contribution in [0.25, 0.3) is 0 Å². The van der Waals surface area contributed by atoms with Gasteiger partial charge in [-0.2, -0.15) is 0 Å². The molecule has 1 saturated carbocycles. The molecular formula is C17H28N2. The monoisotopic (exact) mass is 260 g/mol. The Morgan fingerprint density at radius 2 is 2.11 bits per heavy atom. The molecule has 0 radical (unpaired) electrons. The van der Waals surface area contributed by atoms with E-state index in [0.717, 1.165) is 18.9 Å². The second-order valence-electron chi connectivity index (χ2n) is 6.21. The summed E-state index contributed by atoms with van der Waals surface area (Å²) in [5.74, 6) is 0.865. The minimum absolute atomic E-state index is 0.697. The molecule has 0 spiro atoms. The molecule has 0 saturated heterocycles. The van der Waals surface area contributed by atoms with Gasteiger partial charge in [-0.25, -0.2) is 0 Å². The van der Waals surface area contributed by atoms with Crippen LogP contribution in [0.15, 0.2) is 18.2 Å². The molecule has 106 valence electrons. The zero-order valence-corrected chi connectivity index (χ0v) is 12.7. The molecule has 0 heterocycles. The van der Waals surface area contributed by atoms with Crippen LogP contribution in [0.1, 0.15) is 43.7 Å². The summed E-state index contributed by atoms with van der Waals surface area (Å²) in [5.41, 5.74) is 9.88. The van der Waals surface area contributed by atoms with E-state index in [-0.39, 0.29) is 0 Å². The molecule has 2 nitrogen and oxygen atoms in total. The van der Waals surface area contributed by atoms with E-state index >= 15 is 0 Å². The number of aryl methyl sites for hydroxylation is 1. The maximum atomic E-state index is 5.76. The van der Waals surface area contributed by atoms with Gasteiger partial charge in [-0.15, -0.1) is 0 Å². The molecule has 1 aliphatic rings. The van der Waals surface area contributed by atoms with Gasteiger partial charge >= 0.3 is 0 Å². The second-order valence-corrected chi connectivity index (χ2v) is 6.21. The maximum absolute atomic E-state index is 5.76. The highest BCUT2D eigenvalue weighted by molar-refractivity contribution is 5.55. The normalized spacial score (nSPS) is 23.4. The number of hydrogen-bond donors (Lipinski definition) is 1. The van der Waals surface area contributed by atoms with E-state index in [1.54, 1.807) is 0 Å². The van der Waals surface area contributed by atoms with Crippen LogP contribution >= 0.6 is 0 Å². The Labute approximate surface area is 118 Å². The lowest BCUT2D eigenvalue weighted by molar-refractivity contribution is 0.336. The lowest BCUT2D eigenvalue weighted by Gasteiger charge is -2.36. The summed E-state index contributed by atoms with van der Waals surface area (Å²) in [5, 5.41) is 0. The van der Waals surface area contributed by atoms with E-state index in [2.05, 4.69) is 44.0 Å². The first kappa shape index (κ1) is 14.4. The highest BCUT2D eigenvalue weighted by Crippen LogP contribution is 2.31. The van der Waals surface area contributed by atoms with Crippen molar-refractivity contribution in [3.63, 3.8) is 0 Å². The summed E-state index contributed by atoms with van der Waals surface area (Å²) in [7, 11) is 2.26. The average molecular weight is 260 g/mol. The number of nitrogens with zero attached hydrogens (tertiary/aromatic N) is 1. The first-order chi connectivity index (χ1) is 9.11. The van der Waals surface area contributed by atoms with Gasteiger partial charge in [0.25, 0.3) is 0 Å². The van der Waals surface area contributed by atoms with Crippen LogP contribution < -0.4 is 10.6 Å². The third-order valence-electron chi connectivity index (χ3n) is 4.49. The van der Waals surface area contributed by atoms with Crippen molar-refractivity contribution in [2.24, 2.45) is 11.7 Å². The molecule has 2 atom stereocenters. The van der Waals surface area contributed by atoms with Crippen LogP contribution in [-0.4, -0.2) is 19.6 Å². The Balaban J connectivity index is 2.19. The lowest BCUT2D eigenvalue weighted by Crippen LogP contribution is -2.36. The topological polar surface area (TPSA) is 29.3 Å². The summed E-state index contributed by atoms with van der Waals surface area (Å²) in [6.45, 7) is 5.27. The fourth-order valence-electron chi connectivity index (χ4n) is 3.36. The minimum atomic E-state index is 0.697. The third-order valence-corrected chi connectivity index (χ3v) is 4.49. The molecule has 2 N–H and O–H groups in total. The van der Waals surface area contributed by atoms with Crippen molar-refractivity contribution in [2.75, 3.05) is 18.5 Å². The molecule has 0 amide bonds. The average Bonchev–Trinajstić information content (AvgIpc) is 2.39. The SMILES string of the molecule is Cc1ccc(N(C)C2CCCC(C)C2)c(CCN)c1. The van der Waals surface area contributed by atoms with Crippen LogP contribution in [0.3, 0.4) is 0 Å². The largest absolute Gasteiger partial charge is 0.371 e. The molecule has 19 heavy (non-hydrogen) atoms. The van der Waals surface area contributed by atoms with E-state index in [4.69, 9.17) is 5.73 Å². The van der Waals surface area contributed by atoms with Gasteiger partial charge in [-0.05, 0) is 50.3 Å². The fraction of sp³-hybridized carbons (Fsp3) is 0.647. The minimum Gasteiger partial charge on any atom is -0.371 e. The van der Waals surface area contributed by atoms with Gasteiger partial charge in [-0.3, -0.25) is 0 Å². The van der Waals surface area contributed by atoms with E-state index in [1.807, 2.05) is 0 Å². The number of benzene rings is 1. The third kappa shape index (κ3) is 3.50.